The fourth-order valence-corrected chi connectivity index (χ4v) is 3.45. The molecule has 0 aromatic heterocycles. The molecule has 1 unspecified atom stereocenters. The van der Waals surface area contributed by atoms with E-state index in [1.54, 1.807) is 41.5 Å². The second-order valence-corrected chi connectivity index (χ2v) is 12.7. The third-order valence-corrected chi connectivity index (χ3v) is 5.51. The number of hydrogen-bond acceptors (Lipinski definition) is 8. The third kappa shape index (κ3) is 16.8. The Hall–Kier alpha value is -4.16. The number of unbranched alkanes of at least 4 members (excludes halogenated alkanes) is 1. The highest BCUT2D eigenvalue weighted by Gasteiger charge is 2.32. The Morgan fingerprint density at radius 1 is 0.837 bits per heavy atom. The minimum Gasteiger partial charge on any atom is -0.481 e. The molecule has 0 aliphatic carbocycles. The van der Waals surface area contributed by atoms with Crippen LogP contribution in [0, 0.1) is 5.41 Å². The molecule has 0 heterocycles. The van der Waals surface area contributed by atoms with E-state index in [2.05, 4.69) is 26.3 Å². The summed E-state index contributed by atoms with van der Waals surface area (Å²) in [6.45, 7) is 13.6. The molecule has 0 saturated carbocycles. The molecule has 1 aromatic carbocycles. The highest BCUT2D eigenvalue weighted by Crippen LogP contribution is 2.20. The maximum Gasteiger partial charge on any atom is 0.414 e. The van der Waals surface area contributed by atoms with Gasteiger partial charge in [0.25, 0.3) is 0 Å². The lowest BCUT2D eigenvalue weighted by atomic mass is 9.89. The lowest BCUT2D eigenvalue weighted by Crippen LogP contribution is -2.49. The molecule has 0 saturated heterocycles. The maximum atomic E-state index is 13.0. The monoisotopic (exact) mass is 605 g/mol. The van der Waals surface area contributed by atoms with Gasteiger partial charge in [-0.3, -0.25) is 30.0 Å². The number of carbonyl (C=O) groups is 5. The number of carbonyl (C=O) groups excluding carboxylic acids is 4. The van der Waals surface area contributed by atoms with Gasteiger partial charge in [0.1, 0.15) is 17.2 Å². The van der Waals surface area contributed by atoms with E-state index < -0.39 is 52.6 Å². The van der Waals surface area contributed by atoms with Gasteiger partial charge in [0, 0.05) is 25.9 Å². The van der Waals surface area contributed by atoms with Gasteiger partial charge < -0.3 is 25.2 Å². The molecule has 4 amide bonds. The second-order valence-electron chi connectivity index (χ2n) is 12.7. The van der Waals surface area contributed by atoms with Gasteiger partial charge in [-0.1, -0.05) is 30.3 Å². The summed E-state index contributed by atoms with van der Waals surface area (Å²) in [7, 11) is 0. The van der Waals surface area contributed by atoms with Gasteiger partial charge in [-0.05, 0) is 73.8 Å². The van der Waals surface area contributed by atoms with Gasteiger partial charge >= 0.3 is 18.2 Å². The molecular weight excluding hydrogens is 558 g/mol. The molecule has 5 N–H and O–H groups in total. The Kier molecular flexibility index (Phi) is 14.1. The predicted molar refractivity (Wildman–Crippen MR) is 161 cm³/mol. The summed E-state index contributed by atoms with van der Waals surface area (Å²) in [4.78, 5) is 65.7. The van der Waals surface area contributed by atoms with E-state index in [9.17, 15) is 29.1 Å². The van der Waals surface area contributed by atoms with E-state index in [1.165, 1.54) is 13.8 Å². The van der Waals surface area contributed by atoms with Crippen LogP contribution >= 0.6 is 0 Å². The summed E-state index contributed by atoms with van der Waals surface area (Å²) in [5.74, 6) is -2.20. The lowest BCUT2D eigenvalue weighted by molar-refractivity contribution is -0.149. The molecule has 0 aliphatic heterocycles. The van der Waals surface area contributed by atoms with Gasteiger partial charge in [-0.2, -0.15) is 0 Å². The van der Waals surface area contributed by atoms with Crippen LogP contribution in [0.2, 0.25) is 0 Å². The average molecular weight is 606 g/mol. The number of nitrogens with one attached hydrogen (secondary N) is 4. The van der Waals surface area contributed by atoms with Gasteiger partial charge in [-0.25, -0.2) is 9.59 Å². The number of aliphatic carboxylic acids is 1. The van der Waals surface area contributed by atoms with Crippen molar-refractivity contribution in [3.63, 3.8) is 0 Å². The normalized spacial score (nSPS) is 12.3. The number of guanidine groups is 1. The first kappa shape index (κ1) is 36.9. The number of rotatable bonds is 12. The molecule has 1 rings (SSSR count). The maximum absolute atomic E-state index is 13.0. The van der Waals surface area contributed by atoms with E-state index in [4.69, 9.17) is 9.47 Å². The van der Waals surface area contributed by atoms with Crippen LogP contribution < -0.4 is 21.3 Å². The molecule has 1 atom stereocenters. The number of nitrogens with zero attached hydrogens (tertiary/aromatic N) is 1. The molecule has 0 spiro atoms. The highest BCUT2D eigenvalue weighted by atomic mass is 16.6. The second kappa shape index (κ2) is 16.5. The number of hydrogen-bond donors (Lipinski definition) is 5. The number of carboxylic acid groups (broad SMARTS) is 1. The Balaban J connectivity index is 2.77. The SMILES string of the molecule is CC(C)(C)OC(=O)NC(=NCCCCNC(=O)C(Cc1ccccc1)NC(=O)CC(C)(C)C(=O)O)NC(=O)OC(C)(C)C. The zero-order valence-electron chi connectivity index (χ0n) is 26.5. The van der Waals surface area contributed by atoms with Crippen molar-refractivity contribution in [2.24, 2.45) is 10.4 Å². The summed E-state index contributed by atoms with van der Waals surface area (Å²) >= 11 is 0. The minimum atomic E-state index is -1.28. The topological polar surface area (TPSA) is 185 Å². The number of amides is 4. The van der Waals surface area contributed by atoms with Crippen LogP contribution in [0.3, 0.4) is 0 Å². The van der Waals surface area contributed by atoms with Gasteiger partial charge in [0.2, 0.25) is 17.8 Å². The number of carboxylic acids is 1. The molecule has 13 nitrogen and oxygen atoms in total. The Morgan fingerprint density at radius 3 is 1.86 bits per heavy atom. The molecule has 13 heteroatoms. The quantitative estimate of drug-likeness (QED) is 0.136. The third-order valence-electron chi connectivity index (χ3n) is 5.51. The molecule has 0 fully saturated rings. The van der Waals surface area contributed by atoms with Gasteiger partial charge in [0.15, 0.2) is 0 Å². The Labute approximate surface area is 253 Å². The van der Waals surface area contributed by atoms with E-state index in [1.807, 2.05) is 30.3 Å². The zero-order valence-corrected chi connectivity index (χ0v) is 26.5. The first-order valence-electron chi connectivity index (χ1n) is 14.2. The number of benzene rings is 1. The van der Waals surface area contributed by atoms with Crippen LogP contribution in [0.25, 0.3) is 0 Å². The summed E-state index contributed by atoms with van der Waals surface area (Å²) in [5, 5.41) is 19.6. The lowest BCUT2D eigenvalue weighted by Gasteiger charge is -2.22. The zero-order chi connectivity index (χ0) is 32.8. The van der Waals surface area contributed by atoms with Crippen molar-refractivity contribution in [1.29, 1.82) is 0 Å². The Bertz CT molecular complexity index is 1110. The van der Waals surface area contributed by atoms with Crippen molar-refractivity contribution in [3.05, 3.63) is 35.9 Å². The van der Waals surface area contributed by atoms with Crippen molar-refractivity contribution in [2.75, 3.05) is 13.1 Å². The van der Waals surface area contributed by atoms with Crippen LogP contribution in [0.5, 0.6) is 0 Å². The van der Waals surface area contributed by atoms with Gasteiger partial charge in [-0.15, -0.1) is 0 Å². The highest BCUT2D eigenvalue weighted by molar-refractivity contribution is 6.01. The fourth-order valence-electron chi connectivity index (χ4n) is 3.45. The molecule has 0 aliphatic rings. The van der Waals surface area contributed by atoms with Crippen molar-refractivity contribution in [3.8, 4) is 0 Å². The standard InChI is InChI=1S/C30H47N5O8/c1-28(2,3)42-26(40)34-25(35-27(41)43-29(4,5)6)32-17-13-12-16-31-23(37)21(18-20-14-10-9-11-15-20)33-22(36)19-30(7,8)24(38)39/h9-11,14-15,21H,12-13,16-19H2,1-8H3,(H,31,37)(H,33,36)(H,38,39)(H2,32,34,35,40,41). The molecule has 43 heavy (non-hydrogen) atoms. The minimum absolute atomic E-state index is 0.137. The number of ether oxygens (including phenoxy) is 2. The van der Waals surface area contributed by atoms with Crippen LogP contribution in [0.15, 0.2) is 35.3 Å². The van der Waals surface area contributed by atoms with Crippen LogP contribution in [0.4, 0.5) is 9.59 Å². The summed E-state index contributed by atoms with van der Waals surface area (Å²) in [6, 6.07) is 8.25. The number of aliphatic imine (C=N–C) groups is 1. The van der Waals surface area contributed by atoms with Crippen molar-refractivity contribution in [2.45, 2.75) is 98.3 Å². The predicted octanol–water partition coefficient (Wildman–Crippen LogP) is 3.52. The molecule has 240 valence electrons. The van der Waals surface area contributed by atoms with Crippen molar-refractivity contribution >= 4 is 35.9 Å². The Morgan fingerprint density at radius 2 is 1.37 bits per heavy atom. The smallest absolute Gasteiger partial charge is 0.414 e. The first-order chi connectivity index (χ1) is 19.8. The van der Waals surface area contributed by atoms with E-state index in [0.29, 0.717) is 12.8 Å². The first-order valence-corrected chi connectivity index (χ1v) is 14.2. The van der Waals surface area contributed by atoms with E-state index >= 15 is 0 Å². The van der Waals surface area contributed by atoms with Crippen LogP contribution in [-0.2, 0) is 30.3 Å². The van der Waals surface area contributed by atoms with Crippen molar-refractivity contribution in [1.82, 2.24) is 21.3 Å². The van der Waals surface area contributed by atoms with Crippen LogP contribution in [0.1, 0.15) is 80.2 Å². The van der Waals surface area contributed by atoms with E-state index in [-0.39, 0.29) is 31.9 Å². The summed E-state index contributed by atoms with van der Waals surface area (Å²) in [5.41, 5.74) is -1.97. The van der Waals surface area contributed by atoms with Gasteiger partial charge in [0.05, 0.1) is 5.41 Å². The fraction of sp³-hybridized carbons (Fsp3) is 0.600. The van der Waals surface area contributed by atoms with E-state index in [0.717, 1.165) is 5.56 Å². The summed E-state index contributed by atoms with van der Waals surface area (Å²) in [6.07, 6.45) is -0.666. The molecular formula is C30H47N5O8. The molecule has 0 radical (unpaired) electrons. The summed E-state index contributed by atoms with van der Waals surface area (Å²) < 4.78 is 10.4. The number of alkyl carbamates (subject to hydrolysis) is 2. The molecule has 1 aromatic rings. The average Bonchev–Trinajstić information content (AvgIpc) is 2.83. The largest absolute Gasteiger partial charge is 0.481 e. The molecule has 0 bridgehead atoms. The van der Waals surface area contributed by atoms with Crippen molar-refractivity contribution < 1.29 is 38.6 Å². The van der Waals surface area contributed by atoms with Crippen LogP contribution in [-0.4, -0.2) is 71.4 Å².